The average Bonchev–Trinajstić information content (AvgIpc) is 3.67. The Bertz CT molecular complexity index is 3350. The summed E-state index contributed by atoms with van der Waals surface area (Å²) in [7, 11) is 0. The molecule has 8 rings (SSSR count). The van der Waals surface area contributed by atoms with Crippen LogP contribution in [-0.4, -0.2) is 19.6 Å². The summed E-state index contributed by atoms with van der Waals surface area (Å²) in [6.45, 7) is 10.5. The Morgan fingerprint density at radius 1 is 0.641 bits per heavy atom. The Morgan fingerprint density at radius 3 is 1.92 bits per heavy atom. The van der Waals surface area contributed by atoms with Crippen molar-refractivity contribution in [2.24, 2.45) is 0 Å². The second-order valence-electron chi connectivity index (χ2n) is 19.2. The smallest absolute Gasteiger partial charge is 0.148 e. The number of benzene rings is 6. The van der Waals surface area contributed by atoms with Gasteiger partial charge in [-0.05, 0) is 111 Å². The minimum atomic E-state index is -3.38. The molecule has 8 aromatic rings. The van der Waals surface area contributed by atoms with Crippen LogP contribution in [0.3, 0.4) is 0 Å². The number of aromatic hydroxyl groups is 1. The fraction of sp³-hybridized carbons (Fsp3) is 0.288. The molecule has 4 nitrogen and oxygen atoms in total. The molecule has 2 aromatic heterocycles. The van der Waals surface area contributed by atoms with Crippen molar-refractivity contribution >= 4 is 11.0 Å². The Labute approximate surface area is 410 Å². The molecule has 0 radical (unpaired) electrons. The van der Waals surface area contributed by atoms with Crippen molar-refractivity contribution < 1.29 is 39.9 Å². The van der Waals surface area contributed by atoms with Crippen LogP contribution in [0.4, 0.5) is 0 Å². The second kappa shape index (κ2) is 17.4. The van der Waals surface area contributed by atoms with Crippen molar-refractivity contribution in [3.05, 3.63) is 167 Å². The summed E-state index contributed by atoms with van der Waals surface area (Å²) in [6, 6.07) is 41.9. The zero-order valence-electron chi connectivity index (χ0n) is 48.2. The largest absolute Gasteiger partial charge is 0.507 e. The number of pyridine rings is 1. The predicted octanol–water partition coefficient (Wildman–Crippen LogP) is 15.9. The first-order valence-corrected chi connectivity index (χ1v) is 21.5. The van der Waals surface area contributed by atoms with Crippen molar-refractivity contribution in [3.63, 3.8) is 0 Å². The summed E-state index contributed by atoms with van der Waals surface area (Å²) in [5.41, 5.74) is 9.71. The number of rotatable bonds is 7. The van der Waals surface area contributed by atoms with Gasteiger partial charge < -0.3 is 5.11 Å². The van der Waals surface area contributed by atoms with Crippen molar-refractivity contribution in [2.45, 2.75) is 112 Å². The normalized spacial score (nSPS) is 15.3. The minimum Gasteiger partial charge on any atom is -0.507 e. The van der Waals surface area contributed by atoms with E-state index in [0.717, 1.165) is 55.7 Å². The summed E-state index contributed by atoms with van der Waals surface area (Å²) in [5.74, 6) is -0.225. The van der Waals surface area contributed by atoms with Gasteiger partial charge in [-0.15, -0.1) is 29.3 Å². The summed E-state index contributed by atoms with van der Waals surface area (Å²) in [6.07, 6.45) is 1.65. The fourth-order valence-corrected chi connectivity index (χ4v) is 8.25. The van der Waals surface area contributed by atoms with Crippen LogP contribution in [0.5, 0.6) is 5.75 Å². The van der Waals surface area contributed by atoms with Crippen LogP contribution in [0, 0.1) is 19.9 Å². The van der Waals surface area contributed by atoms with Crippen molar-refractivity contribution in [2.75, 3.05) is 0 Å². The van der Waals surface area contributed by atoms with E-state index in [1.807, 2.05) is 70.2 Å². The van der Waals surface area contributed by atoms with E-state index < -0.39 is 31.9 Å². The molecule has 0 fully saturated rings. The van der Waals surface area contributed by atoms with Crippen molar-refractivity contribution in [3.8, 4) is 67.5 Å². The maximum absolute atomic E-state index is 11.9. The zero-order valence-corrected chi connectivity index (χ0v) is 40.5. The Hall–Kier alpha value is -5.57. The second-order valence-corrected chi connectivity index (χ2v) is 19.2. The van der Waals surface area contributed by atoms with E-state index in [1.165, 1.54) is 17.7 Å². The molecule has 330 valence electrons. The van der Waals surface area contributed by atoms with Gasteiger partial charge in [0.15, 0.2) is 0 Å². The third-order valence-electron chi connectivity index (χ3n) is 12.0. The van der Waals surface area contributed by atoms with Crippen LogP contribution in [-0.2, 0) is 37.3 Å². The number of fused-ring (bicyclic) bond motifs is 1. The van der Waals surface area contributed by atoms with Crippen LogP contribution < -0.4 is 0 Å². The van der Waals surface area contributed by atoms with Crippen LogP contribution in [0.15, 0.2) is 128 Å². The molecule has 0 atom stereocenters. The summed E-state index contributed by atoms with van der Waals surface area (Å²) in [5, 5.41) is 11.9. The van der Waals surface area contributed by atoms with E-state index in [4.69, 9.17) is 23.7 Å². The molecule has 0 saturated heterocycles. The van der Waals surface area contributed by atoms with Gasteiger partial charge in [0.2, 0.25) is 0 Å². The van der Waals surface area contributed by atoms with Gasteiger partial charge in [-0.1, -0.05) is 166 Å². The van der Waals surface area contributed by atoms with Crippen molar-refractivity contribution in [1.82, 2.24) is 14.5 Å². The van der Waals surface area contributed by atoms with Gasteiger partial charge >= 0.3 is 0 Å². The third kappa shape index (κ3) is 9.18. The molecule has 0 spiro atoms. The molecule has 0 unspecified atom stereocenters. The van der Waals surface area contributed by atoms with Gasteiger partial charge in [0.1, 0.15) is 11.6 Å². The SMILES string of the molecule is [2H]C(C)(C)c1ccc(-n2c(-c3cc(C)cc(C)c3O)nc3c(-c4[c-]c(-c5cc(-c6ccc(C(C([2H])([2H])[2H])(C([2H])([2H])[2H])C([2H])([2H])[2H])cc6)ccn5)cc(C(C)(C)C)c4)cccc32)c(-c2ccc(C(C)(C)C)cc2)c1.[Pt]. The monoisotopic (exact) mass is 1030 g/mol. The number of hydrogen-bond donors (Lipinski definition) is 1. The fourth-order valence-electron chi connectivity index (χ4n) is 8.25. The molecule has 0 aliphatic rings. The summed E-state index contributed by atoms with van der Waals surface area (Å²) < 4.78 is 84.9. The number of phenolic OH excluding ortho intramolecular Hbond substituents is 1. The van der Waals surface area contributed by atoms with E-state index in [0.29, 0.717) is 39.3 Å². The van der Waals surface area contributed by atoms with Crippen molar-refractivity contribution in [1.29, 1.82) is 0 Å². The van der Waals surface area contributed by atoms with E-state index in [9.17, 15) is 5.11 Å². The van der Waals surface area contributed by atoms with Gasteiger partial charge in [-0.2, -0.15) is 0 Å². The number of nitrogens with zero attached hydrogens (tertiary/aromatic N) is 3. The number of hydrogen-bond acceptors (Lipinski definition) is 3. The molecule has 0 saturated carbocycles. The maximum Gasteiger partial charge on any atom is 0.148 e. The van der Waals surface area contributed by atoms with Gasteiger partial charge in [0.25, 0.3) is 0 Å². The molecule has 5 heteroatoms. The molecule has 1 N–H and O–H groups in total. The topological polar surface area (TPSA) is 50.9 Å². The number of aromatic nitrogens is 3. The van der Waals surface area contributed by atoms with Crippen LogP contribution in [0.1, 0.15) is 129 Å². The van der Waals surface area contributed by atoms with Gasteiger partial charge in [-0.3, -0.25) is 9.55 Å². The van der Waals surface area contributed by atoms with E-state index in [1.54, 1.807) is 24.4 Å². The number of phenols is 1. The number of imidazole rings is 1. The summed E-state index contributed by atoms with van der Waals surface area (Å²) in [4.78, 5) is 10.3. The first kappa shape index (κ1) is 34.8. The molecule has 2 heterocycles. The molecule has 0 amide bonds. The van der Waals surface area contributed by atoms with E-state index in [-0.39, 0.29) is 43.2 Å². The summed E-state index contributed by atoms with van der Waals surface area (Å²) >= 11 is 0. The molecule has 0 bridgehead atoms. The predicted molar refractivity (Wildman–Crippen MR) is 266 cm³/mol. The quantitative estimate of drug-likeness (QED) is 0.162. The Balaban J connectivity index is 0.00000800. The van der Waals surface area contributed by atoms with Gasteiger partial charge in [-0.25, -0.2) is 4.98 Å². The maximum atomic E-state index is 11.9. The zero-order chi connectivity index (χ0) is 53.6. The minimum absolute atomic E-state index is 0. The molecular weight excluding hydrogens is 962 g/mol. The van der Waals surface area contributed by atoms with E-state index >= 15 is 0 Å². The molecule has 0 aliphatic carbocycles. The molecule has 0 aliphatic heterocycles. The van der Waals surface area contributed by atoms with Crippen LogP contribution >= 0.6 is 0 Å². The average molecular weight is 1030 g/mol. The number of aryl methyl sites for hydroxylation is 2. The van der Waals surface area contributed by atoms with Crippen LogP contribution in [0.25, 0.3) is 72.7 Å². The first-order chi connectivity index (χ1) is 33.7. The third-order valence-corrected chi connectivity index (χ3v) is 12.0. The first-order valence-electron chi connectivity index (χ1n) is 26.5. The van der Waals surface area contributed by atoms with Gasteiger partial charge in [0.05, 0.1) is 22.3 Å². The Morgan fingerprint density at radius 2 is 1.28 bits per heavy atom. The standard InChI is InChI=1S/C59H62N3O.Pt/c1-36(2)41-21-26-52(49(34-41)40-19-24-46(25-20-40)58(8,9)10)62-53-16-14-15-48(54(53)61-56(62)50-30-37(3)29-38(4)55(50)63)43-31-44(33-47(32-43)59(11,12)13)51-35-42(27-28-60-51)39-17-22-45(23-18-39)57(5,6)7;/h14-30,32-36,63H,1-13H3;/q-1;/i5D3,6D3,7D3,36D;. The molecule has 6 aromatic carbocycles. The molecular formula is C59H62N3OPt-. The molecule has 64 heavy (non-hydrogen) atoms. The van der Waals surface area contributed by atoms with E-state index in [2.05, 4.69) is 101 Å². The van der Waals surface area contributed by atoms with Crippen LogP contribution in [0.2, 0.25) is 0 Å². The van der Waals surface area contributed by atoms with Gasteiger partial charge in [0, 0.05) is 52.2 Å². The Kier molecular flexibility index (Phi) is 9.47. The number of para-hydroxylation sites is 1.